The van der Waals surface area contributed by atoms with Crippen LogP contribution >= 0.6 is 0 Å². The lowest BCUT2D eigenvalue weighted by atomic mass is 9.91. The zero-order chi connectivity index (χ0) is 13.2. The topological polar surface area (TPSA) is 57.2 Å². The molecule has 0 spiro atoms. The van der Waals surface area contributed by atoms with Gasteiger partial charge in [0.2, 0.25) is 0 Å². The van der Waals surface area contributed by atoms with Crippen molar-refractivity contribution in [2.24, 2.45) is 18.9 Å². The van der Waals surface area contributed by atoms with Gasteiger partial charge in [0.15, 0.2) is 5.43 Å². The van der Waals surface area contributed by atoms with Gasteiger partial charge < -0.3 is 4.57 Å². The third kappa shape index (κ3) is 2.76. The van der Waals surface area contributed by atoms with Gasteiger partial charge in [-0.3, -0.25) is 9.63 Å². The molecule has 0 aliphatic carbocycles. The molecule has 1 heterocycles. The standard InChI is InChI=1S/C13H22N2O2/c1-8(2)9(3)13-10(4)12(16)6-11(7-17-14)15(13)5/h6,8-9H,7,14H2,1-5H3. The summed E-state index contributed by atoms with van der Waals surface area (Å²) in [5, 5.41) is 0. The summed E-state index contributed by atoms with van der Waals surface area (Å²) in [7, 11) is 1.95. The van der Waals surface area contributed by atoms with Crippen molar-refractivity contribution in [2.75, 3.05) is 0 Å². The SMILES string of the molecule is Cc1c(C(C)C(C)C)n(C)c(CON)cc1=O. The van der Waals surface area contributed by atoms with E-state index in [9.17, 15) is 4.79 Å². The molecule has 0 saturated heterocycles. The summed E-state index contributed by atoms with van der Waals surface area (Å²) in [4.78, 5) is 16.5. The maximum atomic E-state index is 11.9. The van der Waals surface area contributed by atoms with E-state index in [-0.39, 0.29) is 12.0 Å². The Bertz CT molecular complexity index is 449. The molecule has 2 N–H and O–H groups in total. The molecule has 0 radical (unpaired) electrons. The molecule has 1 rings (SSSR count). The lowest BCUT2D eigenvalue weighted by Crippen LogP contribution is -2.23. The predicted molar refractivity (Wildman–Crippen MR) is 68.6 cm³/mol. The first-order valence-electron chi connectivity index (χ1n) is 5.91. The molecule has 0 amide bonds. The third-order valence-electron chi connectivity index (χ3n) is 3.51. The maximum absolute atomic E-state index is 11.9. The second kappa shape index (κ2) is 5.47. The van der Waals surface area contributed by atoms with Crippen molar-refractivity contribution >= 4 is 0 Å². The molecule has 1 unspecified atom stereocenters. The van der Waals surface area contributed by atoms with E-state index < -0.39 is 0 Å². The molecule has 0 fully saturated rings. The predicted octanol–water partition coefficient (Wildman–Crippen LogP) is 1.84. The lowest BCUT2D eigenvalue weighted by molar-refractivity contribution is 0.118. The molecule has 0 bridgehead atoms. The Balaban J connectivity index is 3.41. The molecule has 0 saturated carbocycles. The van der Waals surface area contributed by atoms with Crippen LogP contribution in [0.15, 0.2) is 10.9 Å². The Kier molecular flexibility index (Phi) is 4.48. The highest BCUT2D eigenvalue weighted by molar-refractivity contribution is 5.26. The third-order valence-corrected chi connectivity index (χ3v) is 3.51. The van der Waals surface area contributed by atoms with Crippen molar-refractivity contribution in [1.82, 2.24) is 4.57 Å². The molecule has 96 valence electrons. The monoisotopic (exact) mass is 238 g/mol. The Labute approximate surface area is 102 Å². The van der Waals surface area contributed by atoms with E-state index in [2.05, 4.69) is 25.6 Å². The zero-order valence-electron chi connectivity index (χ0n) is 11.3. The molecular weight excluding hydrogens is 216 g/mol. The summed E-state index contributed by atoms with van der Waals surface area (Å²) in [6, 6.07) is 1.60. The maximum Gasteiger partial charge on any atom is 0.185 e. The van der Waals surface area contributed by atoms with Gasteiger partial charge in [-0.15, -0.1) is 0 Å². The first-order valence-corrected chi connectivity index (χ1v) is 5.91. The first kappa shape index (κ1) is 13.9. The smallest absolute Gasteiger partial charge is 0.185 e. The summed E-state index contributed by atoms with van der Waals surface area (Å²) in [5.41, 5.74) is 2.75. The van der Waals surface area contributed by atoms with E-state index in [1.807, 2.05) is 18.5 Å². The molecule has 1 aromatic rings. The van der Waals surface area contributed by atoms with Crippen molar-refractivity contribution in [2.45, 2.75) is 40.2 Å². The van der Waals surface area contributed by atoms with Gasteiger partial charge in [0.25, 0.3) is 0 Å². The minimum atomic E-state index is 0.0534. The van der Waals surface area contributed by atoms with Crippen LogP contribution in [0.3, 0.4) is 0 Å². The van der Waals surface area contributed by atoms with E-state index >= 15 is 0 Å². The fraction of sp³-hybridized carbons (Fsp3) is 0.615. The Hall–Kier alpha value is -1.13. The number of aromatic nitrogens is 1. The van der Waals surface area contributed by atoms with Crippen molar-refractivity contribution in [3.63, 3.8) is 0 Å². The molecule has 0 aliphatic heterocycles. The van der Waals surface area contributed by atoms with Crippen LogP contribution in [0.25, 0.3) is 0 Å². The van der Waals surface area contributed by atoms with E-state index in [0.717, 1.165) is 17.0 Å². The van der Waals surface area contributed by atoms with Crippen LogP contribution in [-0.4, -0.2) is 4.57 Å². The number of pyridine rings is 1. The van der Waals surface area contributed by atoms with Gasteiger partial charge in [-0.2, -0.15) is 0 Å². The minimum absolute atomic E-state index is 0.0534. The van der Waals surface area contributed by atoms with Gasteiger partial charge in [-0.25, -0.2) is 5.90 Å². The van der Waals surface area contributed by atoms with Gasteiger partial charge in [-0.1, -0.05) is 20.8 Å². The molecule has 4 nitrogen and oxygen atoms in total. The van der Waals surface area contributed by atoms with Crippen LogP contribution in [0, 0.1) is 12.8 Å². The number of rotatable bonds is 4. The highest BCUT2D eigenvalue weighted by atomic mass is 16.6. The van der Waals surface area contributed by atoms with Crippen LogP contribution in [0.4, 0.5) is 0 Å². The summed E-state index contributed by atoms with van der Waals surface area (Å²) in [6.07, 6.45) is 0. The van der Waals surface area contributed by atoms with E-state index in [0.29, 0.717) is 11.8 Å². The molecule has 17 heavy (non-hydrogen) atoms. The lowest BCUT2D eigenvalue weighted by Gasteiger charge is -2.23. The zero-order valence-corrected chi connectivity index (χ0v) is 11.3. The Morgan fingerprint density at radius 1 is 1.41 bits per heavy atom. The number of hydrogen-bond acceptors (Lipinski definition) is 3. The van der Waals surface area contributed by atoms with Crippen LogP contribution in [-0.2, 0) is 18.5 Å². The summed E-state index contributed by atoms with van der Waals surface area (Å²) in [6.45, 7) is 8.58. The largest absolute Gasteiger partial charge is 0.349 e. The summed E-state index contributed by atoms with van der Waals surface area (Å²) in [5.74, 6) is 5.89. The quantitative estimate of drug-likeness (QED) is 0.814. The van der Waals surface area contributed by atoms with E-state index in [1.54, 1.807) is 6.07 Å². The van der Waals surface area contributed by atoms with Crippen LogP contribution in [0.1, 0.15) is 43.6 Å². The van der Waals surface area contributed by atoms with Crippen molar-refractivity contribution in [1.29, 1.82) is 0 Å². The van der Waals surface area contributed by atoms with Crippen molar-refractivity contribution < 1.29 is 4.84 Å². The van der Waals surface area contributed by atoms with Gasteiger partial charge in [0.05, 0.1) is 0 Å². The minimum Gasteiger partial charge on any atom is -0.349 e. The van der Waals surface area contributed by atoms with Crippen LogP contribution in [0.2, 0.25) is 0 Å². The molecular formula is C13H22N2O2. The van der Waals surface area contributed by atoms with E-state index in [1.165, 1.54) is 0 Å². The second-order valence-electron chi connectivity index (χ2n) is 4.91. The first-order chi connectivity index (χ1) is 7.90. The average Bonchev–Trinajstić information content (AvgIpc) is 2.26. The van der Waals surface area contributed by atoms with Crippen molar-refractivity contribution in [3.05, 3.63) is 33.2 Å². The fourth-order valence-corrected chi connectivity index (χ4v) is 2.08. The molecule has 1 atom stereocenters. The highest BCUT2D eigenvalue weighted by Gasteiger charge is 2.18. The average molecular weight is 238 g/mol. The Morgan fingerprint density at radius 3 is 2.47 bits per heavy atom. The molecule has 4 heteroatoms. The van der Waals surface area contributed by atoms with Gasteiger partial charge in [0, 0.05) is 30.1 Å². The van der Waals surface area contributed by atoms with Crippen molar-refractivity contribution in [3.8, 4) is 0 Å². The molecule has 1 aromatic heterocycles. The fourth-order valence-electron chi connectivity index (χ4n) is 2.08. The van der Waals surface area contributed by atoms with Gasteiger partial charge in [0.1, 0.15) is 6.61 Å². The van der Waals surface area contributed by atoms with Crippen LogP contribution in [0.5, 0.6) is 0 Å². The second-order valence-corrected chi connectivity index (χ2v) is 4.91. The highest BCUT2D eigenvalue weighted by Crippen LogP contribution is 2.25. The van der Waals surface area contributed by atoms with Gasteiger partial charge in [-0.05, 0) is 18.8 Å². The van der Waals surface area contributed by atoms with Crippen LogP contribution < -0.4 is 11.3 Å². The number of nitrogens with zero attached hydrogens (tertiary/aromatic N) is 1. The summed E-state index contributed by atoms with van der Waals surface area (Å²) >= 11 is 0. The molecule has 0 aliphatic rings. The van der Waals surface area contributed by atoms with Gasteiger partial charge >= 0.3 is 0 Å². The number of hydrogen-bond donors (Lipinski definition) is 1. The normalized spacial score (nSPS) is 13.1. The summed E-state index contributed by atoms with van der Waals surface area (Å²) < 4.78 is 2.02. The Morgan fingerprint density at radius 2 is 2.00 bits per heavy atom. The molecule has 0 aromatic carbocycles. The van der Waals surface area contributed by atoms with E-state index in [4.69, 9.17) is 5.90 Å². The number of nitrogens with two attached hydrogens (primary N) is 1.